The van der Waals surface area contributed by atoms with Gasteiger partial charge in [-0.25, -0.2) is 9.97 Å². The topological polar surface area (TPSA) is 44.8 Å². The van der Waals surface area contributed by atoms with E-state index in [1.807, 2.05) is 6.20 Å². The van der Waals surface area contributed by atoms with E-state index in [9.17, 15) is 0 Å². The minimum Gasteiger partial charge on any atom is -0.356 e. The Kier molecular flexibility index (Phi) is 1.59. The lowest BCUT2D eigenvalue weighted by atomic mass is 10.2. The molecule has 2 fully saturated rings. The van der Waals surface area contributed by atoms with Gasteiger partial charge in [0.2, 0.25) is 0 Å². The molecule has 0 unspecified atom stereocenters. The predicted molar refractivity (Wildman–Crippen MR) is 62.7 cm³/mol. The van der Waals surface area contributed by atoms with Crippen molar-refractivity contribution < 1.29 is 0 Å². The first-order valence-electron chi connectivity index (χ1n) is 6.02. The number of hydrogen-bond acceptors (Lipinski definition) is 3. The number of H-pyrrole nitrogens is 1. The normalized spacial score (nSPS) is 20.1. The summed E-state index contributed by atoms with van der Waals surface area (Å²) in [6.45, 7) is 2.28. The van der Waals surface area contributed by atoms with Crippen LogP contribution < -0.4 is 4.90 Å². The number of nitrogens with one attached hydrogen (secondary N) is 1. The van der Waals surface area contributed by atoms with Crippen molar-refractivity contribution in [1.29, 1.82) is 0 Å². The van der Waals surface area contributed by atoms with Gasteiger partial charge in [0, 0.05) is 25.2 Å². The van der Waals surface area contributed by atoms with Crippen molar-refractivity contribution in [2.45, 2.75) is 25.2 Å². The summed E-state index contributed by atoms with van der Waals surface area (Å²) in [4.78, 5) is 14.9. The molecule has 1 aliphatic carbocycles. The summed E-state index contributed by atoms with van der Waals surface area (Å²) in [5.41, 5.74) is 0.999. The standard InChI is InChI=1S/C12H14N4/c1-6-16(7-1)12-9-4-5-13-11(9)14-10(15-12)8-2-3-8/h4-5,8H,1-3,6-7H2,(H,13,14,15). The highest BCUT2D eigenvalue weighted by Crippen LogP contribution is 2.40. The molecule has 0 bridgehead atoms. The molecule has 1 saturated carbocycles. The van der Waals surface area contributed by atoms with Gasteiger partial charge in [-0.1, -0.05) is 0 Å². The second kappa shape index (κ2) is 2.97. The van der Waals surface area contributed by atoms with Gasteiger partial charge in [0.05, 0.1) is 5.39 Å². The van der Waals surface area contributed by atoms with Gasteiger partial charge < -0.3 is 9.88 Å². The van der Waals surface area contributed by atoms with Crippen molar-refractivity contribution in [3.05, 3.63) is 18.1 Å². The molecular formula is C12H14N4. The maximum atomic E-state index is 4.75. The lowest BCUT2D eigenvalue weighted by Crippen LogP contribution is -2.38. The van der Waals surface area contributed by atoms with Gasteiger partial charge >= 0.3 is 0 Å². The zero-order valence-electron chi connectivity index (χ0n) is 9.11. The van der Waals surface area contributed by atoms with Crippen molar-refractivity contribution in [2.75, 3.05) is 18.0 Å². The lowest BCUT2D eigenvalue weighted by molar-refractivity contribution is 0.609. The van der Waals surface area contributed by atoms with Gasteiger partial charge in [0.15, 0.2) is 0 Å². The molecule has 0 amide bonds. The van der Waals surface area contributed by atoms with Gasteiger partial charge in [-0.05, 0) is 25.3 Å². The van der Waals surface area contributed by atoms with E-state index < -0.39 is 0 Å². The van der Waals surface area contributed by atoms with E-state index >= 15 is 0 Å². The molecule has 2 aliphatic rings. The first-order chi connectivity index (χ1) is 7.92. The van der Waals surface area contributed by atoms with Crippen molar-refractivity contribution in [2.24, 2.45) is 0 Å². The largest absolute Gasteiger partial charge is 0.356 e. The van der Waals surface area contributed by atoms with Crippen LogP contribution in [0.5, 0.6) is 0 Å². The summed E-state index contributed by atoms with van der Waals surface area (Å²) < 4.78 is 0. The number of aromatic nitrogens is 3. The molecule has 1 saturated heterocycles. The fourth-order valence-corrected chi connectivity index (χ4v) is 2.24. The van der Waals surface area contributed by atoms with Crippen molar-refractivity contribution in [3.8, 4) is 0 Å². The van der Waals surface area contributed by atoms with Crippen LogP contribution >= 0.6 is 0 Å². The summed E-state index contributed by atoms with van der Waals surface area (Å²) in [5, 5.41) is 1.17. The van der Waals surface area contributed by atoms with Crippen LogP contribution in [0.15, 0.2) is 12.3 Å². The number of nitrogens with zero attached hydrogens (tertiary/aromatic N) is 3. The molecule has 1 aliphatic heterocycles. The van der Waals surface area contributed by atoms with Crippen LogP contribution in [0.1, 0.15) is 31.0 Å². The molecular weight excluding hydrogens is 200 g/mol. The third-order valence-corrected chi connectivity index (χ3v) is 3.51. The second-order valence-electron chi connectivity index (χ2n) is 4.76. The fraction of sp³-hybridized carbons (Fsp3) is 0.500. The van der Waals surface area contributed by atoms with Crippen LogP contribution in [0, 0.1) is 0 Å². The Bertz CT molecular complexity index is 537. The molecule has 4 nitrogen and oxygen atoms in total. The number of aromatic amines is 1. The number of hydrogen-bond donors (Lipinski definition) is 1. The zero-order valence-corrected chi connectivity index (χ0v) is 9.11. The Hall–Kier alpha value is -1.58. The Morgan fingerprint density at radius 3 is 2.81 bits per heavy atom. The van der Waals surface area contributed by atoms with Crippen LogP contribution in [0.4, 0.5) is 5.82 Å². The highest BCUT2D eigenvalue weighted by Gasteiger charge is 2.29. The van der Waals surface area contributed by atoms with Crippen molar-refractivity contribution in [1.82, 2.24) is 15.0 Å². The van der Waals surface area contributed by atoms with Crippen LogP contribution in [0.2, 0.25) is 0 Å². The van der Waals surface area contributed by atoms with E-state index in [-0.39, 0.29) is 0 Å². The molecule has 82 valence electrons. The maximum absolute atomic E-state index is 4.75. The third kappa shape index (κ3) is 1.16. The van der Waals surface area contributed by atoms with Crippen molar-refractivity contribution >= 4 is 16.9 Å². The summed E-state index contributed by atoms with van der Waals surface area (Å²) in [6, 6.07) is 2.08. The third-order valence-electron chi connectivity index (χ3n) is 3.51. The van der Waals surface area contributed by atoms with Crippen LogP contribution in [0.3, 0.4) is 0 Å². The molecule has 3 heterocycles. The average Bonchev–Trinajstić information content (AvgIpc) is 2.95. The van der Waals surface area contributed by atoms with Gasteiger partial charge in [-0.2, -0.15) is 0 Å². The highest BCUT2D eigenvalue weighted by atomic mass is 15.2. The van der Waals surface area contributed by atoms with E-state index in [2.05, 4.69) is 20.9 Å². The Labute approximate surface area is 93.7 Å². The van der Waals surface area contributed by atoms with Crippen LogP contribution in [0.25, 0.3) is 11.0 Å². The first kappa shape index (κ1) is 8.56. The molecule has 0 aromatic carbocycles. The molecule has 0 radical (unpaired) electrons. The molecule has 2 aromatic rings. The molecule has 0 atom stereocenters. The SMILES string of the molecule is c1cc2c(N3CCC3)nc(C3CC3)nc2[nH]1. The number of anilines is 1. The minimum atomic E-state index is 0.618. The molecule has 0 spiro atoms. The van der Waals surface area contributed by atoms with E-state index in [4.69, 9.17) is 4.98 Å². The molecule has 2 aromatic heterocycles. The minimum absolute atomic E-state index is 0.618. The highest BCUT2D eigenvalue weighted by molar-refractivity contribution is 5.88. The monoisotopic (exact) mass is 214 g/mol. The van der Waals surface area contributed by atoms with E-state index in [1.165, 1.54) is 24.6 Å². The van der Waals surface area contributed by atoms with E-state index in [0.717, 1.165) is 30.4 Å². The maximum Gasteiger partial charge on any atom is 0.143 e. The number of rotatable bonds is 2. The lowest BCUT2D eigenvalue weighted by Gasteiger charge is -2.32. The molecule has 4 heteroatoms. The van der Waals surface area contributed by atoms with E-state index in [1.54, 1.807) is 0 Å². The molecule has 4 rings (SSSR count). The Morgan fingerprint density at radius 1 is 1.25 bits per heavy atom. The second-order valence-corrected chi connectivity index (χ2v) is 4.76. The Balaban J connectivity index is 1.91. The number of fused-ring (bicyclic) bond motifs is 1. The summed E-state index contributed by atoms with van der Waals surface area (Å²) >= 11 is 0. The quantitative estimate of drug-likeness (QED) is 0.832. The van der Waals surface area contributed by atoms with Crippen LogP contribution in [-0.2, 0) is 0 Å². The zero-order chi connectivity index (χ0) is 10.5. The van der Waals surface area contributed by atoms with Gasteiger partial charge in [0.25, 0.3) is 0 Å². The Morgan fingerprint density at radius 2 is 2.12 bits per heavy atom. The first-order valence-corrected chi connectivity index (χ1v) is 6.02. The van der Waals surface area contributed by atoms with Crippen molar-refractivity contribution in [3.63, 3.8) is 0 Å². The summed E-state index contributed by atoms with van der Waals surface area (Å²) in [7, 11) is 0. The van der Waals surface area contributed by atoms with E-state index in [0.29, 0.717) is 5.92 Å². The summed E-state index contributed by atoms with van der Waals surface area (Å²) in [6.07, 6.45) is 5.76. The smallest absolute Gasteiger partial charge is 0.143 e. The van der Waals surface area contributed by atoms with Gasteiger partial charge in [-0.15, -0.1) is 0 Å². The summed E-state index contributed by atoms with van der Waals surface area (Å²) in [5.74, 6) is 2.80. The predicted octanol–water partition coefficient (Wildman–Crippen LogP) is 2.05. The fourth-order valence-electron chi connectivity index (χ4n) is 2.24. The van der Waals surface area contributed by atoms with Crippen LogP contribution in [-0.4, -0.2) is 28.0 Å². The molecule has 16 heavy (non-hydrogen) atoms. The average molecular weight is 214 g/mol. The van der Waals surface area contributed by atoms with Gasteiger partial charge in [0.1, 0.15) is 17.3 Å². The molecule has 1 N–H and O–H groups in total. The van der Waals surface area contributed by atoms with Gasteiger partial charge in [-0.3, -0.25) is 0 Å².